The third-order valence-electron chi connectivity index (χ3n) is 4.99. The molecule has 1 saturated carbocycles. The number of nitrogens with one attached hydrogen (secondary N) is 1. The second kappa shape index (κ2) is 5.60. The summed E-state index contributed by atoms with van der Waals surface area (Å²) in [4.78, 5) is 23.2. The molecule has 0 aromatic heterocycles. The molecule has 0 heterocycles. The first-order valence-corrected chi connectivity index (χ1v) is 7.89. The van der Waals surface area contributed by atoms with E-state index in [1.165, 1.54) is 11.1 Å². The summed E-state index contributed by atoms with van der Waals surface area (Å²) in [5, 5.41) is 12.1. The molecule has 0 aliphatic heterocycles. The summed E-state index contributed by atoms with van der Waals surface area (Å²) < 4.78 is 5.26. The molecule has 5 nitrogen and oxygen atoms in total. The number of hydrogen-bond donors (Lipinski definition) is 2. The lowest BCUT2D eigenvalue weighted by atomic mass is 9.52. The molecular weight excluding hydrogens is 282 g/mol. The molecule has 2 aliphatic carbocycles. The van der Waals surface area contributed by atoms with Crippen LogP contribution in [-0.4, -0.2) is 29.3 Å². The zero-order chi connectivity index (χ0) is 16.7. The van der Waals surface area contributed by atoms with Crippen molar-refractivity contribution in [3.05, 3.63) is 11.1 Å². The van der Waals surface area contributed by atoms with E-state index in [1.807, 2.05) is 20.8 Å². The second-order valence-corrected chi connectivity index (χ2v) is 7.90. The van der Waals surface area contributed by atoms with Gasteiger partial charge in [-0.05, 0) is 59.3 Å². The van der Waals surface area contributed by atoms with Gasteiger partial charge >= 0.3 is 12.1 Å². The first-order valence-electron chi connectivity index (χ1n) is 7.89. The van der Waals surface area contributed by atoms with Gasteiger partial charge in [0, 0.05) is 12.0 Å². The van der Waals surface area contributed by atoms with Crippen LogP contribution in [0.5, 0.6) is 0 Å². The summed E-state index contributed by atoms with van der Waals surface area (Å²) in [6, 6.07) is 0. The molecular formula is C17H27NO4. The quantitative estimate of drug-likeness (QED) is 0.781. The van der Waals surface area contributed by atoms with Crippen molar-refractivity contribution in [2.75, 3.05) is 6.54 Å². The number of fused-ring (bicyclic) bond motifs is 1. The Kier molecular flexibility index (Phi) is 4.28. The van der Waals surface area contributed by atoms with Crippen molar-refractivity contribution in [1.82, 2.24) is 5.32 Å². The smallest absolute Gasteiger partial charge is 0.407 e. The normalized spacial score (nSPS) is 30.6. The number of carbonyl (C=O) groups is 2. The van der Waals surface area contributed by atoms with Gasteiger partial charge in [-0.3, -0.25) is 4.79 Å². The number of ether oxygens (including phenoxy) is 1. The number of aliphatic carboxylic acids is 1. The van der Waals surface area contributed by atoms with Crippen molar-refractivity contribution in [2.45, 2.75) is 59.5 Å². The number of allylic oxidation sites excluding steroid dienone is 2. The summed E-state index contributed by atoms with van der Waals surface area (Å²) in [5.74, 6) is 0.0140. The van der Waals surface area contributed by atoms with Gasteiger partial charge in [0.1, 0.15) is 5.60 Å². The van der Waals surface area contributed by atoms with Crippen molar-refractivity contribution in [2.24, 2.45) is 17.3 Å². The van der Waals surface area contributed by atoms with Crippen LogP contribution >= 0.6 is 0 Å². The van der Waals surface area contributed by atoms with Gasteiger partial charge < -0.3 is 15.2 Å². The predicted octanol–water partition coefficient (Wildman–Crippen LogP) is 3.35. The van der Waals surface area contributed by atoms with Crippen LogP contribution in [-0.2, 0) is 9.53 Å². The van der Waals surface area contributed by atoms with E-state index in [-0.39, 0.29) is 17.8 Å². The van der Waals surface area contributed by atoms with Crippen LogP contribution in [0, 0.1) is 17.3 Å². The van der Waals surface area contributed by atoms with E-state index in [2.05, 4.69) is 19.2 Å². The van der Waals surface area contributed by atoms with Crippen LogP contribution in [0.25, 0.3) is 0 Å². The molecule has 124 valence electrons. The summed E-state index contributed by atoms with van der Waals surface area (Å²) in [6.45, 7) is 10.0. The lowest BCUT2D eigenvalue weighted by Crippen LogP contribution is -2.54. The SMILES string of the molecule is CC1=C(C)[C@H]2[C@@H](C1)C[C@]2(CNC(=O)OC(C)(C)C)CC(=O)O. The van der Waals surface area contributed by atoms with Gasteiger partial charge in [0.2, 0.25) is 0 Å². The maximum absolute atomic E-state index is 11.9. The Hall–Kier alpha value is -1.52. The van der Waals surface area contributed by atoms with Crippen LogP contribution in [0.15, 0.2) is 11.1 Å². The lowest BCUT2D eigenvalue weighted by molar-refractivity contribution is -0.144. The molecule has 0 aromatic carbocycles. The number of amides is 1. The maximum atomic E-state index is 11.9. The molecule has 2 N–H and O–H groups in total. The minimum atomic E-state index is -0.804. The van der Waals surface area contributed by atoms with Crippen molar-refractivity contribution in [3.8, 4) is 0 Å². The number of carbonyl (C=O) groups excluding carboxylic acids is 1. The minimum absolute atomic E-state index is 0.0918. The van der Waals surface area contributed by atoms with Crippen LogP contribution in [0.1, 0.15) is 53.9 Å². The molecule has 22 heavy (non-hydrogen) atoms. The third kappa shape index (κ3) is 3.28. The molecule has 5 heteroatoms. The molecule has 2 rings (SSSR count). The minimum Gasteiger partial charge on any atom is -0.481 e. The Morgan fingerprint density at radius 3 is 2.50 bits per heavy atom. The van der Waals surface area contributed by atoms with Crippen molar-refractivity contribution < 1.29 is 19.4 Å². The zero-order valence-electron chi connectivity index (χ0n) is 14.2. The van der Waals surface area contributed by atoms with Crippen LogP contribution in [0.2, 0.25) is 0 Å². The summed E-state index contributed by atoms with van der Waals surface area (Å²) in [6.07, 6.45) is 1.53. The number of carboxylic acids is 1. The van der Waals surface area contributed by atoms with E-state index in [9.17, 15) is 14.7 Å². The first kappa shape index (κ1) is 16.8. The van der Waals surface area contributed by atoms with E-state index < -0.39 is 17.7 Å². The molecule has 3 atom stereocenters. The lowest BCUT2D eigenvalue weighted by Gasteiger charge is -2.53. The van der Waals surface area contributed by atoms with Gasteiger partial charge in [0.15, 0.2) is 0 Å². The topological polar surface area (TPSA) is 75.6 Å². The molecule has 0 bridgehead atoms. The van der Waals surface area contributed by atoms with Crippen LogP contribution in [0.4, 0.5) is 4.79 Å². The highest BCUT2D eigenvalue weighted by Crippen LogP contribution is 2.62. The van der Waals surface area contributed by atoms with Gasteiger partial charge in [-0.1, -0.05) is 11.1 Å². The summed E-state index contributed by atoms with van der Waals surface area (Å²) in [7, 11) is 0. The van der Waals surface area contributed by atoms with Gasteiger partial charge in [0.05, 0.1) is 6.42 Å². The Labute approximate surface area is 132 Å². The average molecular weight is 309 g/mol. The maximum Gasteiger partial charge on any atom is 0.407 e. The van der Waals surface area contributed by atoms with E-state index in [4.69, 9.17) is 4.74 Å². The monoisotopic (exact) mass is 309 g/mol. The Morgan fingerprint density at radius 1 is 1.36 bits per heavy atom. The predicted molar refractivity (Wildman–Crippen MR) is 83.5 cm³/mol. The molecule has 1 fully saturated rings. The van der Waals surface area contributed by atoms with Crippen molar-refractivity contribution in [3.63, 3.8) is 0 Å². The molecule has 0 aromatic rings. The van der Waals surface area contributed by atoms with E-state index >= 15 is 0 Å². The van der Waals surface area contributed by atoms with Gasteiger partial charge in [-0.15, -0.1) is 0 Å². The Bertz CT molecular complexity index is 517. The molecule has 2 aliphatic rings. The average Bonchev–Trinajstić information content (AvgIpc) is 2.54. The van der Waals surface area contributed by atoms with E-state index in [0.29, 0.717) is 12.5 Å². The fraction of sp³-hybridized carbons (Fsp3) is 0.765. The first-order chi connectivity index (χ1) is 10.0. The number of alkyl carbamates (subject to hydrolysis) is 1. The standard InChI is InChI=1S/C17H27NO4/c1-10-6-12-7-17(8-13(19)20,14(12)11(10)2)9-18-15(21)22-16(3,4)5/h12,14H,6-9H2,1-5H3,(H,18,21)(H,19,20)/t12-,14-,17+/m0/s1. The molecule has 0 unspecified atom stereocenters. The van der Waals surface area contributed by atoms with Crippen LogP contribution < -0.4 is 5.32 Å². The summed E-state index contributed by atoms with van der Waals surface area (Å²) in [5.41, 5.74) is 1.77. The molecule has 0 saturated heterocycles. The number of hydrogen-bond acceptors (Lipinski definition) is 3. The molecule has 0 radical (unpaired) electrons. The van der Waals surface area contributed by atoms with Crippen molar-refractivity contribution >= 4 is 12.1 Å². The highest BCUT2D eigenvalue weighted by molar-refractivity contribution is 5.70. The molecule has 1 amide bonds. The third-order valence-corrected chi connectivity index (χ3v) is 4.99. The number of carboxylic acid groups (broad SMARTS) is 1. The fourth-order valence-corrected chi connectivity index (χ4v) is 4.22. The zero-order valence-corrected chi connectivity index (χ0v) is 14.2. The summed E-state index contributed by atoms with van der Waals surface area (Å²) >= 11 is 0. The van der Waals surface area contributed by atoms with Gasteiger partial charge in [0.25, 0.3) is 0 Å². The Morgan fingerprint density at radius 2 is 2.00 bits per heavy atom. The largest absolute Gasteiger partial charge is 0.481 e. The fourth-order valence-electron chi connectivity index (χ4n) is 4.22. The van der Waals surface area contributed by atoms with Gasteiger partial charge in [-0.2, -0.15) is 0 Å². The van der Waals surface area contributed by atoms with Gasteiger partial charge in [-0.25, -0.2) is 4.79 Å². The molecule has 0 spiro atoms. The van der Waals surface area contributed by atoms with Crippen LogP contribution in [0.3, 0.4) is 0 Å². The van der Waals surface area contributed by atoms with E-state index in [0.717, 1.165) is 12.8 Å². The van der Waals surface area contributed by atoms with E-state index in [1.54, 1.807) is 0 Å². The number of rotatable bonds is 4. The highest BCUT2D eigenvalue weighted by atomic mass is 16.6. The Balaban J connectivity index is 2.06. The highest BCUT2D eigenvalue weighted by Gasteiger charge is 2.57. The van der Waals surface area contributed by atoms with Crippen molar-refractivity contribution in [1.29, 1.82) is 0 Å². The second-order valence-electron chi connectivity index (χ2n) is 7.90.